The molecule has 0 bridgehead atoms. The summed E-state index contributed by atoms with van der Waals surface area (Å²) in [6.07, 6.45) is 3.34. The third-order valence-corrected chi connectivity index (χ3v) is 2.39. The molecule has 0 aliphatic rings. The Morgan fingerprint density at radius 1 is 1.70 bits per heavy atom. The fourth-order valence-electron chi connectivity index (χ4n) is 0.422. The van der Waals surface area contributed by atoms with Gasteiger partial charge in [-0.1, -0.05) is 26.6 Å². The van der Waals surface area contributed by atoms with Crippen LogP contribution < -0.4 is 0 Å². The zero-order valence-corrected chi connectivity index (χ0v) is 11.6. The van der Waals surface area contributed by atoms with Gasteiger partial charge in [-0.2, -0.15) is 0 Å². The number of rotatable bonds is 5. The Balaban J connectivity index is 0. The van der Waals surface area contributed by atoms with Crippen molar-refractivity contribution in [2.75, 3.05) is 13.2 Å². The first-order valence-corrected chi connectivity index (χ1v) is 4.40. The van der Waals surface area contributed by atoms with Crippen LogP contribution in [0.2, 0.25) is 0 Å². The molecule has 0 N–H and O–H groups in total. The first-order valence-electron chi connectivity index (χ1n) is 3.15. The molecule has 0 rings (SSSR count). The molecule has 0 spiro atoms. The van der Waals surface area contributed by atoms with E-state index >= 15 is 0 Å². The molecule has 0 radical (unpaired) electrons. The summed E-state index contributed by atoms with van der Waals surface area (Å²) in [5.41, 5.74) is 0. The molecule has 0 fully saturated rings. The maximum absolute atomic E-state index is 5.03. The van der Waals surface area contributed by atoms with Crippen LogP contribution in [0.25, 0.3) is 0 Å². The van der Waals surface area contributed by atoms with Crippen molar-refractivity contribution in [1.29, 1.82) is 0 Å². The summed E-state index contributed by atoms with van der Waals surface area (Å²) in [7, 11) is 0. The third-order valence-electron chi connectivity index (χ3n) is 1.00. The Morgan fingerprint density at radius 3 is 2.70 bits per heavy atom. The SMILES string of the molecule is [CH2-]COC[CH-]C(I)CC.[Zn+2]. The Hall–Kier alpha value is 1.31. The minimum atomic E-state index is 0. The van der Waals surface area contributed by atoms with Crippen LogP contribution in [0.3, 0.4) is 0 Å². The second-order valence-corrected chi connectivity index (χ2v) is 3.33. The zero-order valence-electron chi connectivity index (χ0n) is 6.48. The Labute approximate surface area is 90.2 Å². The van der Waals surface area contributed by atoms with E-state index in [2.05, 4.69) is 42.9 Å². The van der Waals surface area contributed by atoms with Crippen molar-refractivity contribution in [3.63, 3.8) is 0 Å². The average molecular weight is 305 g/mol. The molecule has 0 aromatic heterocycles. The van der Waals surface area contributed by atoms with Gasteiger partial charge in [0.15, 0.2) is 0 Å². The van der Waals surface area contributed by atoms with Gasteiger partial charge in [0.25, 0.3) is 0 Å². The Bertz CT molecular complexity index is 61.6. The number of ether oxygens (including phenoxy) is 1. The smallest absolute Gasteiger partial charge is 0.445 e. The molecule has 3 heteroatoms. The summed E-state index contributed by atoms with van der Waals surface area (Å²) >= 11 is 2.39. The van der Waals surface area contributed by atoms with Crippen LogP contribution in [0.5, 0.6) is 0 Å². The van der Waals surface area contributed by atoms with Crippen molar-refractivity contribution in [2.24, 2.45) is 0 Å². The minimum absolute atomic E-state index is 0. The molecule has 0 heterocycles. The predicted molar refractivity (Wildman–Crippen MR) is 48.6 cm³/mol. The second-order valence-electron chi connectivity index (χ2n) is 1.73. The van der Waals surface area contributed by atoms with Crippen LogP contribution in [-0.4, -0.2) is 17.1 Å². The van der Waals surface area contributed by atoms with Gasteiger partial charge in [-0.15, -0.1) is 26.5 Å². The van der Waals surface area contributed by atoms with E-state index in [9.17, 15) is 0 Å². The summed E-state index contributed by atoms with van der Waals surface area (Å²) in [4.78, 5) is 0. The molecule has 0 aliphatic heterocycles. The monoisotopic (exact) mass is 304 g/mol. The fourth-order valence-corrected chi connectivity index (χ4v) is 0.630. The number of hydrogen-bond acceptors (Lipinski definition) is 1. The van der Waals surface area contributed by atoms with Crippen molar-refractivity contribution < 1.29 is 24.2 Å². The molecule has 0 saturated carbocycles. The normalized spacial score (nSPS) is 12.3. The molecule has 1 atom stereocenters. The van der Waals surface area contributed by atoms with E-state index in [1.165, 1.54) is 6.42 Å². The van der Waals surface area contributed by atoms with Gasteiger partial charge in [0.05, 0.1) is 0 Å². The van der Waals surface area contributed by atoms with E-state index < -0.39 is 0 Å². The summed E-state index contributed by atoms with van der Waals surface area (Å²) in [6, 6.07) is 0. The summed E-state index contributed by atoms with van der Waals surface area (Å²) in [6.45, 7) is 7.04. The van der Waals surface area contributed by atoms with Crippen LogP contribution in [-0.2, 0) is 24.2 Å². The molecule has 0 aromatic carbocycles. The van der Waals surface area contributed by atoms with Crippen molar-refractivity contribution in [1.82, 2.24) is 0 Å². The summed E-state index contributed by atoms with van der Waals surface area (Å²) in [5.74, 6) is 0. The van der Waals surface area contributed by atoms with E-state index in [1.807, 2.05) is 0 Å². The van der Waals surface area contributed by atoms with Gasteiger partial charge in [0.1, 0.15) is 0 Å². The van der Waals surface area contributed by atoms with Crippen LogP contribution in [0.4, 0.5) is 0 Å². The van der Waals surface area contributed by atoms with E-state index in [4.69, 9.17) is 4.74 Å². The molecule has 56 valence electrons. The minimum Gasteiger partial charge on any atom is -0.445 e. The second kappa shape index (κ2) is 10.3. The van der Waals surface area contributed by atoms with E-state index in [-0.39, 0.29) is 19.5 Å². The van der Waals surface area contributed by atoms with Crippen molar-refractivity contribution in [3.05, 3.63) is 13.3 Å². The van der Waals surface area contributed by atoms with Crippen LogP contribution in [0, 0.1) is 13.3 Å². The zero-order chi connectivity index (χ0) is 7.11. The van der Waals surface area contributed by atoms with Crippen molar-refractivity contribution in [2.45, 2.75) is 17.3 Å². The molecule has 0 amide bonds. The van der Waals surface area contributed by atoms with E-state index in [0.717, 1.165) is 6.61 Å². The first kappa shape index (κ1) is 13.9. The molecule has 1 nitrogen and oxygen atoms in total. The summed E-state index contributed by atoms with van der Waals surface area (Å²) < 4.78 is 5.68. The first-order chi connectivity index (χ1) is 4.31. The van der Waals surface area contributed by atoms with Gasteiger partial charge in [0.2, 0.25) is 0 Å². The quantitative estimate of drug-likeness (QED) is 0.249. The molecule has 0 aliphatic carbocycles. The van der Waals surface area contributed by atoms with Crippen molar-refractivity contribution >= 4 is 22.6 Å². The number of halogens is 1. The van der Waals surface area contributed by atoms with Crippen LogP contribution >= 0.6 is 22.6 Å². The molecule has 1 unspecified atom stereocenters. The summed E-state index contributed by atoms with van der Waals surface area (Å²) in [5, 5.41) is 0. The van der Waals surface area contributed by atoms with Gasteiger partial charge in [-0.25, -0.2) is 0 Å². The predicted octanol–water partition coefficient (Wildman–Crippen LogP) is 2.25. The van der Waals surface area contributed by atoms with Gasteiger partial charge < -0.3 is 11.7 Å². The average Bonchev–Trinajstić information content (AvgIpc) is 1.89. The van der Waals surface area contributed by atoms with Crippen molar-refractivity contribution in [3.8, 4) is 0 Å². The number of hydrogen-bond donors (Lipinski definition) is 0. The molecule has 0 saturated heterocycles. The Kier molecular flexibility index (Phi) is 14.3. The van der Waals surface area contributed by atoms with Gasteiger partial charge in [-0.05, 0) is 0 Å². The standard InChI is InChI=1S/C7H13IO.Zn/c1-3-7(8)5-6-9-4-2;/h5,7H,2-4,6H2,1H3;/q-2;+2. The fraction of sp³-hybridized carbons (Fsp3) is 0.714. The largest absolute Gasteiger partial charge is 2.00 e. The van der Waals surface area contributed by atoms with E-state index in [0.29, 0.717) is 10.5 Å². The van der Waals surface area contributed by atoms with E-state index in [1.54, 1.807) is 0 Å². The van der Waals surface area contributed by atoms with Gasteiger partial charge in [0, 0.05) is 0 Å². The molecule has 0 aromatic rings. The topological polar surface area (TPSA) is 9.23 Å². The number of alkyl halides is 1. The maximum atomic E-state index is 5.03. The molecule has 10 heavy (non-hydrogen) atoms. The van der Waals surface area contributed by atoms with Crippen LogP contribution in [0.1, 0.15) is 13.3 Å². The van der Waals surface area contributed by atoms with Gasteiger partial charge in [-0.3, -0.25) is 6.42 Å². The van der Waals surface area contributed by atoms with Crippen LogP contribution in [0.15, 0.2) is 0 Å². The Morgan fingerprint density at radius 2 is 2.30 bits per heavy atom. The maximum Gasteiger partial charge on any atom is 2.00 e. The van der Waals surface area contributed by atoms with Gasteiger partial charge >= 0.3 is 19.5 Å². The molecular formula is C7H13IOZn. The molecular weight excluding hydrogens is 292 g/mol. The third kappa shape index (κ3) is 9.31.